The van der Waals surface area contributed by atoms with Crippen molar-refractivity contribution in [1.29, 1.82) is 0 Å². The molecule has 0 spiro atoms. The summed E-state index contributed by atoms with van der Waals surface area (Å²) in [5.74, 6) is 1.53. The average Bonchev–Trinajstić information content (AvgIpc) is 2.17. The molecule has 1 aromatic carbocycles. The molecule has 82 valence electrons. The highest BCUT2D eigenvalue weighted by molar-refractivity contribution is 6.30. The summed E-state index contributed by atoms with van der Waals surface area (Å²) in [6, 6.07) is 8.32. The van der Waals surface area contributed by atoms with Crippen molar-refractivity contribution in [3.8, 4) is 0 Å². The van der Waals surface area contributed by atoms with Gasteiger partial charge in [0, 0.05) is 5.02 Å². The molecule has 0 amide bonds. The fourth-order valence-corrected chi connectivity index (χ4v) is 2.52. The Morgan fingerprint density at radius 2 is 2.27 bits per heavy atom. The number of nitrogens with one attached hydrogen (secondary N) is 1. The number of halogens is 1. The van der Waals surface area contributed by atoms with Crippen molar-refractivity contribution in [2.24, 2.45) is 5.92 Å². The van der Waals surface area contributed by atoms with Gasteiger partial charge in [-0.25, -0.2) is 0 Å². The van der Waals surface area contributed by atoms with Gasteiger partial charge >= 0.3 is 0 Å². The molecule has 0 saturated heterocycles. The van der Waals surface area contributed by atoms with E-state index >= 15 is 0 Å². The minimum absolute atomic E-state index is 0.725. The van der Waals surface area contributed by atoms with Crippen molar-refractivity contribution in [3.63, 3.8) is 0 Å². The molecule has 1 aliphatic rings. The molecule has 2 atom stereocenters. The van der Waals surface area contributed by atoms with E-state index in [9.17, 15) is 0 Å². The molecule has 1 fully saturated rings. The maximum absolute atomic E-state index is 6.01. The van der Waals surface area contributed by atoms with Gasteiger partial charge in [0.05, 0.1) is 0 Å². The smallest absolute Gasteiger partial charge is 0.0408 e. The third-order valence-electron chi connectivity index (χ3n) is 3.35. The summed E-state index contributed by atoms with van der Waals surface area (Å²) in [5, 5.41) is 4.29. The summed E-state index contributed by atoms with van der Waals surface area (Å²) in [6.45, 7) is 4.37. The summed E-state index contributed by atoms with van der Waals surface area (Å²) < 4.78 is 0. The monoisotopic (exact) mass is 223 g/mol. The third-order valence-corrected chi connectivity index (χ3v) is 3.59. The highest BCUT2D eigenvalue weighted by Gasteiger charge is 2.31. The maximum Gasteiger partial charge on any atom is 0.0408 e. The lowest BCUT2D eigenvalue weighted by molar-refractivity contribution is 0.247. The standard InChI is InChI=1S/C13H18ClN/c1-2-15-9-11-6-7-13(11)10-4-3-5-12(14)8-10/h3-5,8,11,13,15H,2,6-7,9H2,1H3. The van der Waals surface area contributed by atoms with Gasteiger partial charge in [0.25, 0.3) is 0 Å². The molecule has 1 nitrogen and oxygen atoms in total. The molecule has 1 aromatic rings. The molecule has 15 heavy (non-hydrogen) atoms. The van der Waals surface area contributed by atoms with Crippen molar-refractivity contribution in [3.05, 3.63) is 34.9 Å². The fourth-order valence-electron chi connectivity index (χ4n) is 2.32. The van der Waals surface area contributed by atoms with Crippen LogP contribution in [0, 0.1) is 5.92 Å². The first-order chi connectivity index (χ1) is 7.31. The summed E-state index contributed by atoms with van der Waals surface area (Å²) in [7, 11) is 0. The van der Waals surface area contributed by atoms with E-state index in [1.807, 2.05) is 6.07 Å². The maximum atomic E-state index is 6.01. The van der Waals surface area contributed by atoms with E-state index in [1.165, 1.54) is 18.4 Å². The molecule has 2 rings (SSSR count). The highest BCUT2D eigenvalue weighted by Crippen LogP contribution is 2.42. The third kappa shape index (κ3) is 2.53. The van der Waals surface area contributed by atoms with E-state index in [1.54, 1.807) is 0 Å². The molecule has 0 radical (unpaired) electrons. The minimum Gasteiger partial charge on any atom is -0.317 e. The second-order valence-electron chi connectivity index (χ2n) is 4.31. The summed E-state index contributed by atoms with van der Waals surface area (Å²) in [4.78, 5) is 0. The van der Waals surface area contributed by atoms with Crippen LogP contribution in [-0.4, -0.2) is 13.1 Å². The van der Waals surface area contributed by atoms with Gasteiger partial charge in [0.1, 0.15) is 0 Å². The molecule has 0 aliphatic heterocycles. The Morgan fingerprint density at radius 1 is 1.40 bits per heavy atom. The highest BCUT2D eigenvalue weighted by atomic mass is 35.5. The Balaban J connectivity index is 1.99. The van der Waals surface area contributed by atoms with E-state index < -0.39 is 0 Å². The predicted octanol–water partition coefficient (Wildman–Crippen LogP) is 3.44. The van der Waals surface area contributed by atoms with Crippen LogP contribution in [0.5, 0.6) is 0 Å². The molecule has 0 aromatic heterocycles. The topological polar surface area (TPSA) is 12.0 Å². The molecule has 0 bridgehead atoms. The molecule has 1 saturated carbocycles. The Morgan fingerprint density at radius 3 is 2.87 bits per heavy atom. The van der Waals surface area contributed by atoms with Crippen molar-refractivity contribution in [2.45, 2.75) is 25.7 Å². The SMILES string of the molecule is CCNCC1CCC1c1cccc(Cl)c1. The fraction of sp³-hybridized carbons (Fsp3) is 0.538. The van der Waals surface area contributed by atoms with Crippen molar-refractivity contribution < 1.29 is 0 Å². The minimum atomic E-state index is 0.725. The van der Waals surface area contributed by atoms with E-state index in [-0.39, 0.29) is 0 Å². The molecule has 1 aliphatic carbocycles. The van der Waals surface area contributed by atoms with Crippen LogP contribution in [0.25, 0.3) is 0 Å². The first-order valence-electron chi connectivity index (χ1n) is 5.77. The zero-order chi connectivity index (χ0) is 10.7. The summed E-state index contributed by atoms with van der Waals surface area (Å²) in [5.41, 5.74) is 1.41. The van der Waals surface area contributed by atoms with E-state index in [4.69, 9.17) is 11.6 Å². The molecular formula is C13H18ClN. The second kappa shape index (κ2) is 5.00. The van der Waals surface area contributed by atoms with Gasteiger partial charge in [-0.2, -0.15) is 0 Å². The zero-order valence-electron chi connectivity index (χ0n) is 9.17. The van der Waals surface area contributed by atoms with Gasteiger partial charge in [-0.05, 0) is 55.5 Å². The van der Waals surface area contributed by atoms with Gasteiger partial charge < -0.3 is 5.32 Å². The van der Waals surface area contributed by atoms with Gasteiger partial charge in [-0.1, -0.05) is 30.7 Å². The summed E-state index contributed by atoms with van der Waals surface area (Å²) in [6.07, 6.45) is 2.67. The van der Waals surface area contributed by atoms with Crippen LogP contribution in [0.2, 0.25) is 5.02 Å². The van der Waals surface area contributed by atoms with Gasteiger partial charge in [0.2, 0.25) is 0 Å². The lowest BCUT2D eigenvalue weighted by Gasteiger charge is -2.37. The van der Waals surface area contributed by atoms with E-state index in [0.717, 1.165) is 29.9 Å². The number of rotatable bonds is 4. The van der Waals surface area contributed by atoms with Crippen LogP contribution < -0.4 is 5.32 Å². The molecule has 2 heteroatoms. The van der Waals surface area contributed by atoms with Crippen LogP contribution in [0.3, 0.4) is 0 Å². The number of hydrogen-bond donors (Lipinski definition) is 1. The Kier molecular flexibility index (Phi) is 3.66. The number of benzene rings is 1. The number of hydrogen-bond acceptors (Lipinski definition) is 1. The summed E-state index contributed by atoms with van der Waals surface area (Å²) >= 11 is 6.01. The van der Waals surface area contributed by atoms with Crippen LogP contribution in [0.15, 0.2) is 24.3 Å². The zero-order valence-corrected chi connectivity index (χ0v) is 9.93. The Hall–Kier alpha value is -0.530. The largest absolute Gasteiger partial charge is 0.317 e. The van der Waals surface area contributed by atoms with Crippen molar-refractivity contribution in [2.75, 3.05) is 13.1 Å². The second-order valence-corrected chi connectivity index (χ2v) is 4.74. The van der Waals surface area contributed by atoms with Crippen LogP contribution in [0.1, 0.15) is 31.2 Å². The predicted molar refractivity (Wildman–Crippen MR) is 65.5 cm³/mol. The van der Waals surface area contributed by atoms with E-state index in [0.29, 0.717) is 0 Å². The van der Waals surface area contributed by atoms with Crippen molar-refractivity contribution >= 4 is 11.6 Å². The van der Waals surface area contributed by atoms with E-state index in [2.05, 4.69) is 30.4 Å². The molecule has 0 heterocycles. The first kappa shape index (κ1) is 11.0. The van der Waals surface area contributed by atoms with Gasteiger partial charge in [0.15, 0.2) is 0 Å². The molecule has 1 N–H and O–H groups in total. The Labute approximate surface area is 96.8 Å². The normalized spacial score (nSPS) is 24.9. The lowest BCUT2D eigenvalue weighted by Crippen LogP contribution is -2.33. The van der Waals surface area contributed by atoms with Gasteiger partial charge in [-0.15, -0.1) is 0 Å². The Bertz CT molecular complexity index is 324. The molecule has 2 unspecified atom stereocenters. The van der Waals surface area contributed by atoms with Gasteiger partial charge in [-0.3, -0.25) is 0 Å². The first-order valence-corrected chi connectivity index (χ1v) is 6.15. The van der Waals surface area contributed by atoms with Crippen molar-refractivity contribution in [1.82, 2.24) is 5.32 Å². The molecular weight excluding hydrogens is 206 g/mol. The van der Waals surface area contributed by atoms with Crippen LogP contribution in [-0.2, 0) is 0 Å². The lowest BCUT2D eigenvalue weighted by atomic mass is 9.70. The quantitative estimate of drug-likeness (QED) is 0.825. The van der Waals surface area contributed by atoms with Crippen LogP contribution >= 0.6 is 11.6 Å². The average molecular weight is 224 g/mol. The van der Waals surface area contributed by atoms with Crippen LogP contribution in [0.4, 0.5) is 0 Å².